The summed E-state index contributed by atoms with van der Waals surface area (Å²) >= 11 is 0. The first kappa shape index (κ1) is 15.0. The smallest absolute Gasteiger partial charge is 0.254 e. The lowest BCUT2D eigenvalue weighted by Gasteiger charge is -2.35. The monoisotopic (exact) mass is 278 g/mol. The number of rotatable bonds is 3. The lowest BCUT2D eigenvalue weighted by Crippen LogP contribution is -2.44. The Morgan fingerprint density at radius 2 is 2.00 bits per heavy atom. The molecule has 2 rings (SSSR count). The van der Waals surface area contributed by atoms with Crippen LogP contribution in [0.25, 0.3) is 0 Å². The summed E-state index contributed by atoms with van der Waals surface area (Å²) in [5.74, 6) is -0.399. The minimum Gasteiger partial charge on any atom is -0.336 e. The lowest BCUT2D eigenvalue weighted by molar-refractivity contribution is 0.0640. The highest BCUT2D eigenvalue weighted by atomic mass is 19.1. The number of carbonyl (C=O) groups is 1. The Bertz CT molecular complexity index is 481. The van der Waals surface area contributed by atoms with Gasteiger partial charge < -0.3 is 10.6 Å². The summed E-state index contributed by atoms with van der Waals surface area (Å²) in [6.07, 6.45) is 3.79. The molecule has 1 fully saturated rings. The molecule has 0 bridgehead atoms. The third kappa shape index (κ3) is 3.18. The van der Waals surface area contributed by atoms with Crippen molar-refractivity contribution in [1.29, 1.82) is 0 Å². The van der Waals surface area contributed by atoms with Gasteiger partial charge in [0.1, 0.15) is 5.82 Å². The van der Waals surface area contributed by atoms with Crippen molar-refractivity contribution in [2.24, 2.45) is 5.73 Å². The molecule has 0 aromatic heterocycles. The molecule has 110 valence electrons. The van der Waals surface area contributed by atoms with Crippen LogP contribution in [0.2, 0.25) is 0 Å². The van der Waals surface area contributed by atoms with Crippen molar-refractivity contribution in [3.05, 3.63) is 35.1 Å². The summed E-state index contributed by atoms with van der Waals surface area (Å²) in [5, 5.41) is 0. The number of halogens is 1. The van der Waals surface area contributed by atoms with E-state index in [2.05, 4.69) is 0 Å². The molecule has 1 aromatic rings. The summed E-state index contributed by atoms with van der Waals surface area (Å²) in [7, 11) is 0. The van der Waals surface area contributed by atoms with Crippen molar-refractivity contribution < 1.29 is 9.18 Å². The number of amides is 1. The summed E-state index contributed by atoms with van der Waals surface area (Å²) in [4.78, 5) is 14.4. The molecule has 20 heavy (non-hydrogen) atoms. The largest absolute Gasteiger partial charge is 0.336 e. The molecule has 0 spiro atoms. The molecular formula is C16H23FN2O. The topological polar surface area (TPSA) is 46.3 Å². The highest BCUT2D eigenvalue weighted by Crippen LogP contribution is 2.24. The number of aryl methyl sites for hydroxylation is 1. The van der Waals surface area contributed by atoms with Gasteiger partial charge in [-0.15, -0.1) is 0 Å². The standard InChI is InChI=1S/C16H23FN2O/c1-3-19(14-8-6-13(18)7-9-14)16(20)12-5-4-11(2)15(17)10-12/h4-5,10,13-14H,3,6-9,18H2,1-2H3. The molecule has 0 atom stereocenters. The zero-order valence-corrected chi connectivity index (χ0v) is 12.2. The average Bonchev–Trinajstić information content (AvgIpc) is 2.44. The van der Waals surface area contributed by atoms with Crippen molar-refractivity contribution >= 4 is 5.91 Å². The van der Waals surface area contributed by atoms with Crippen LogP contribution in [0.1, 0.15) is 48.5 Å². The van der Waals surface area contributed by atoms with Crippen LogP contribution in [-0.2, 0) is 0 Å². The predicted octanol–water partition coefficient (Wildman–Crippen LogP) is 2.87. The number of nitrogens with two attached hydrogens (primary N) is 1. The third-order valence-corrected chi connectivity index (χ3v) is 4.20. The Hall–Kier alpha value is -1.42. The van der Waals surface area contributed by atoms with Crippen LogP contribution >= 0.6 is 0 Å². The van der Waals surface area contributed by atoms with E-state index in [9.17, 15) is 9.18 Å². The first-order valence-electron chi connectivity index (χ1n) is 7.35. The summed E-state index contributed by atoms with van der Waals surface area (Å²) in [6.45, 7) is 4.31. The van der Waals surface area contributed by atoms with Crippen LogP contribution in [-0.4, -0.2) is 29.4 Å². The maximum Gasteiger partial charge on any atom is 0.254 e. The minimum atomic E-state index is -0.322. The minimum absolute atomic E-state index is 0.0770. The van der Waals surface area contributed by atoms with Gasteiger partial charge in [0.2, 0.25) is 0 Å². The van der Waals surface area contributed by atoms with Gasteiger partial charge in [-0.25, -0.2) is 4.39 Å². The normalized spacial score (nSPS) is 22.6. The van der Waals surface area contributed by atoms with E-state index >= 15 is 0 Å². The maximum absolute atomic E-state index is 13.6. The Morgan fingerprint density at radius 3 is 2.55 bits per heavy atom. The molecule has 1 aliphatic rings. The van der Waals surface area contributed by atoms with Crippen LogP contribution < -0.4 is 5.73 Å². The predicted molar refractivity (Wildman–Crippen MR) is 78.1 cm³/mol. The molecular weight excluding hydrogens is 255 g/mol. The summed E-state index contributed by atoms with van der Waals surface area (Å²) in [5.41, 5.74) is 6.91. The molecule has 2 N–H and O–H groups in total. The molecule has 0 saturated heterocycles. The average molecular weight is 278 g/mol. The Labute approximate surface area is 120 Å². The van der Waals surface area contributed by atoms with E-state index in [4.69, 9.17) is 5.73 Å². The van der Waals surface area contributed by atoms with Gasteiger partial charge in [-0.1, -0.05) is 6.07 Å². The summed E-state index contributed by atoms with van der Waals surface area (Å²) < 4.78 is 13.6. The van der Waals surface area contributed by atoms with Gasteiger partial charge in [0, 0.05) is 24.2 Å². The van der Waals surface area contributed by atoms with Gasteiger partial charge >= 0.3 is 0 Å². The fourth-order valence-corrected chi connectivity index (χ4v) is 2.87. The molecule has 1 saturated carbocycles. The molecule has 0 radical (unpaired) electrons. The molecule has 0 heterocycles. The van der Waals surface area contributed by atoms with Gasteiger partial charge in [-0.2, -0.15) is 0 Å². The van der Waals surface area contributed by atoms with Crippen molar-refractivity contribution in [3.8, 4) is 0 Å². The van der Waals surface area contributed by atoms with Gasteiger partial charge in [0.25, 0.3) is 5.91 Å². The number of benzene rings is 1. The van der Waals surface area contributed by atoms with E-state index in [1.165, 1.54) is 6.07 Å². The van der Waals surface area contributed by atoms with E-state index in [1.54, 1.807) is 19.1 Å². The third-order valence-electron chi connectivity index (χ3n) is 4.20. The number of carbonyl (C=O) groups excluding carboxylic acids is 1. The van der Waals surface area contributed by atoms with E-state index in [0.29, 0.717) is 17.7 Å². The van der Waals surface area contributed by atoms with Gasteiger partial charge in [0.05, 0.1) is 0 Å². The van der Waals surface area contributed by atoms with Crippen LogP contribution in [0.5, 0.6) is 0 Å². The van der Waals surface area contributed by atoms with Gasteiger partial charge in [-0.05, 0) is 57.2 Å². The fraction of sp³-hybridized carbons (Fsp3) is 0.562. The molecule has 0 aliphatic heterocycles. The van der Waals surface area contributed by atoms with Crippen molar-refractivity contribution in [3.63, 3.8) is 0 Å². The van der Waals surface area contributed by atoms with E-state index in [-0.39, 0.29) is 23.8 Å². The number of nitrogens with zero attached hydrogens (tertiary/aromatic N) is 1. The van der Waals surface area contributed by atoms with E-state index < -0.39 is 0 Å². The van der Waals surface area contributed by atoms with Crippen LogP contribution in [0.3, 0.4) is 0 Å². The van der Waals surface area contributed by atoms with Crippen molar-refractivity contribution in [2.75, 3.05) is 6.54 Å². The zero-order chi connectivity index (χ0) is 14.7. The highest BCUT2D eigenvalue weighted by molar-refractivity contribution is 5.94. The van der Waals surface area contributed by atoms with Gasteiger partial charge in [-0.3, -0.25) is 4.79 Å². The second kappa shape index (κ2) is 6.35. The van der Waals surface area contributed by atoms with E-state index in [0.717, 1.165) is 25.7 Å². The fourth-order valence-electron chi connectivity index (χ4n) is 2.87. The van der Waals surface area contributed by atoms with E-state index in [1.807, 2.05) is 11.8 Å². The van der Waals surface area contributed by atoms with Crippen molar-refractivity contribution in [1.82, 2.24) is 4.90 Å². The van der Waals surface area contributed by atoms with Crippen molar-refractivity contribution in [2.45, 2.75) is 51.6 Å². The first-order valence-corrected chi connectivity index (χ1v) is 7.35. The Morgan fingerprint density at radius 1 is 1.35 bits per heavy atom. The van der Waals surface area contributed by atoms with Crippen LogP contribution in [0, 0.1) is 12.7 Å². The second-order valence-electron chi connectivity index (χ2n) is 5.62. The highest BCUT2D eigenvalue weighted by Gasteiger charge is 2.27. The number of hydrogen-bond acceptors (Lipinski definition) is 2. The molecule has 4 heteroatoms. The van der Waals surface area contributed by atoms with Crippen LogP contribution in [0.4, 0.5) is 4.39 Å². The molecule has 0 unspecified atom stereocenters. The number of hydrogen-bond donors (Lipinski definition) is 1. The molecule has 3 nitrogen and oxygen atoms in total. The summed E-state index contributed by atoms with van der Waals surface area (Å²) in [6, 6.07) is 5.20. The molecule has 1 aromatic carbocycles. The SMILES string of the molecule is CCN(C(=O)c1ccc(C)c(F)c1)C1CCC(N)CC1. The van der Waals surface area contributed by atoms with Gasteiger partial charge in [0.15, 0.2) is 0 Å². The second-order valence-corrected chi connectivity index (χ2v) is 5.62. The Balaban J connectivity index is 2.14. The lowest BCUT2D eigenvalue weighted by atomic mass is 9.90. The quantitative estimate of drug-likeness (QED) is 0.924. The zero-order valence-electron chi connectivity index (χ0n) is 12.2. The Kier molecular flexibility index (Phi) is 4.76. The maximum atomic E-state index is 13.6. The molecule has 1 aliphatic carbocycles. The molecule has 1 amide bonds. The van der Waals surface area contributed by atoms with Crippen LogP contribution in [0.15, 0.2) is 18.2 Å². The first-order chi connectivity index (χ1) is 9.52.